The second kappa shape index (κ2) is 8.29. The second-order valence-corrected chi connectivity index (χ2v) is 5.99. The van der Waals surface area contributed by atoms with Crippen molar-refractivity contribution in [3.05, 3.63) is 77.6 Å². The fraction of sp³-hybridized carbons (Fsp3) is 0.158. The number of halogens is 5. The molecule has 0 aliphatic carbocycles. The van der Waals surface area contributed by atoms with Gasteiger partial charge in [0.1, 0.15) is 5.75 Å². The number of amides is 1. The third kappa shape index (κ3) is 5.53. The molecule has 3 aromatic rings. The van der Waals surface area contributed by atoms with Crippen LogP contribution >= 0.6 is 0 Å². The number of benzene rings is 2. The van der Waals surface area contributed by atoms with Crippen molar-refractivity contribution in [2.24, 2.45) is 0 Å². The molecule has 1 aromatic heterocycles. The third-order valence-electron chi connectivity index (χ3n) is 3.81. The number of aromatic nitrogens is 2. The fourth-order valence-electron chi connectivity index (χ4n) is 2.56. The van der Waals surface area contributed by atoms with Gasteiger partial charge in [0.25, 0.3) is 5.91 Å². The van der Waals surface area contributed by atoms with Crippen molar-refractivity contribution in [2.75, 3.05) is 5.32 Å². The summed E-state index contributed by atoms with van der Waals surface area (Å²) < 4.78 is 68.5. The number of carbonyl (C=O) groups is 1. The van der Waals surface area contributed by atoms with Crippen LogP contribution in [-0.4, -0.2) is 22.3 Å². The Kier molecular flexibility index (Phi) is 5.81. The number of nitrogens with one attached hydrogen (secondary N) is 1. The lowest BCUT2D eigenvalue weighted by Gasteiger charge is -2.09. The predicted molar refractivity (Wildman–Crippen MR) is 93.8 cm³/mol. The standard InChI is InChI=1S/C19H14F5N3O2/c20-18(21)29-16-6-2-4-13(8-16)17(28)26-15-9-25-27(11-15)10-12-3-1-5-14(7-12)19(22,23)24/h1-9,11,18H,10H2,(H,26,28). The molecule has 0 saturated carbocycles. The molecular weight excluding hydrogens is 397 g/mol. The van der Waals surface area contributed by atoms with E-state index in [1.165, 1.54) is 47.4 Å². The predicted octanol–water partition coefficient (Wildman–Crippen LogP) is 4.80. The number of nitrogens with zero attached hydrogens (tertiary/aromatic N) is 2. The summed E-state index contributed by atoms with van der Waals surface area (Å²) in [6, 6.07) is 10.1. The van der Waals surface area contributed by atoms with Crippen molar-refractivity contribution in [3.8, 4) is 5.75 Å². The first-order chi connectivity index (χ1) is 13.7. The van der Waals surface area contributed by atoms with Gasteiger partial charge in [-0.15, -0.1) is 0 Å². The Morgan fingerprint density at radius 2 is 1.90 bits per heavy atom. The zero-order chi connectivity index (χ0) is 21.0. The summed E-state index contributed by atoms with van der Waals surface area (Å²) in [6.45, 7) is -2.94. The Bertz CT molecular complexity index is 1000. The molecule has 5 nitrogen and oxygen atoms in total. The highest BCUT2D eigenvalue weighted by molar-refractivity contribution is 6.04. The summed E-state index contributed by atoms with van der Waals surface area (Å²) in [5.74, 6) is -0.740. The van der Waals surface area contributed by atoms with Crippen LogP contribution in [0.15, 0.2) is 60.9 Å². The van der Waals surface area contributed by atoms with Crippen molar-refractivity contribution in [3.63, 3.8) is 0 Å². The van der Waals surface area contributed by atoms with Crippen molar-refractivity contribution >= 4 is 11.6 Å². The summed E-state index contributed by atoms with van der Waals surface area (Å²) in [5.41, 5.74) is 0.00941. The highest BCUT2D eigenvalue weighted by Gasteiger charge is 2.30. The number of anilines is 1. The highest BCUT2D eigenvalue weighted by Crippen LogP contribution is 2.29. The van der Waals surface area contributed by atoms with Gasteiger partial charge in [0.15, 0.2) is 0 Å². The first-order valence-electron chi connectivity index (χ1n) is 8.25. The van der Waals surface area contributed by atoms with E-state index >= 15 is 0 Å². The van der Waals surface area contributed by atoms with Crippen molar-refractivity contribution in [1.29, 1.82) is 0 Å². The molecule has 0 spiro atoms. The Balaban J connectivity index is 1.67. The van der Waals surface area contributed by atoms with E-state index in [1.54, 1.807) is 0 Å². The molecule has 0 aliphatic rings. The first-order valence-corrected chi connectivity index (χ1v) is 8.25. The SMILES string of the molecule is O=C(Nc1cnn(Cc2cccc(C(F)(F)F)c2)c1)c1cccc(OC(F)F)c1. The summed E-state index contributed by atoms with van der Waals surface area (Å²) in [4.78, 5) is 12.3. The molecule has 0 saturated heterocycles. The molecule has 29 heavy (non-hydrogen) atoms. The molecule has 0 unspecified atom stereocenters. The largest absolute Gasteiger partial charge is 0.435 e. The van der Waals surface area contributed by atoms with Gasteiger partial charge in [0.05, 0.1) is 24.0 Å². The smallest absolute Gasteiger partial charge is 0.416 e. The molecule has 0 atom stereocenters. The Labute approximate surface area is 161 Å². The maximum absolute atomic E-state index is 12.8. The number of rotatable bonds is 6. The molecule has 10 heteroatoms. The zero-order valence-electron chi connectivity index (χ0n) is 14.7. The van der Waals surface area contributed by atoms with Crippen LogP contribution in [0.2, 0.25) is 0 Å². The third-order valence-corrected chi connectivity index (χ3v) is 3.81. The lowest BCUT2D eigenvalue weighted by molar-refractivity contribution is -0.137. The average Bonchev–Trinajstić information content (AvgIpc) is 3.07. The minimum absolute atomic E-state index is 0.0670. The highest BCUT2D eigenvalue weighted by atomic mass is 19.4. The van der Waals surface area contributed by atoms with Crippen LogP contribution in [0.25, 0.3) is 0 Å². The number of hydrogen-bond donors (Lipinski definition) is 1. The van der Waals surface area contributed by atoms with Crippen LogP contribution in [-0.2, 0) is 12.7 Å². The first kappa shape index (κ1) is 20.3. The molecule has 2 aromatic carbocycles. The summed E-state index contributed by atoms with van der Waals surface area (Å²) in [7, 11) is 0. The van der Waals surface area contributed by atoms with Crippen LogP contribution in [0, 0.1) is 0 Å². The van der Waals surface area contributed by atoms with Gasteiger partial charge in [-0.25, -0.2) is 0 Å². The van der Waals surface area contributed by atoms with E-state index in [9.17, 15) is 26.7 Å². The van der Waals surface area contributed by atoms with E-state index in [0.29, 0.717) is 11.3 Å². The molecular formula is C19H14F5N3O2. The van der Waals surface area contributed by atoms with E-state index in [0.717, 1.165) is 18.2 Å². The minimum atomic E-state index is -4.44. The summed E-state index contributed by atoms with van der Waals surface area (Å²) in [6.07, 6.45) is -1.68. The van der Waals surface area contributed by atoms with E-state index < -0.39 is 24.3 Å². The van der Waals surface area contributed by atoms with Gasteiger partial charge in [-0.2, -0.15) is 27.1 Å². The van der Waals surface area contributed by atoms with Crippen LogP contribution in [0.3, 0.4) is 0 Å². The van der Waals surface area contributed by atoms with Crippen molar-refractivity contribution in [2.45, 2.75) is 19.3 Å². The van der Waals surface area contributed by atoms with E-state index in [4.69, 9.17) is 0 Å². The Morgan fingerprint density at radius 1 is 1.14 bits per heavy atom. The van der Waals surface area contributed by atoms with Gasteiger partial charge in [-0.1, -0.05) is 18.2 Å². The van der Waals surface area contributed by atoms with Crippen LogP contribution in [0.1, 0.15) is 21.5 Å². The number of ether oxygens (including phenoxy) is 1. The van der Waals surface area contributed by atoms with Gasteiger partial charge in [0.2, 0.25) is 0 Å². The van der Waals surface area contributed by atoms with E-state index in [-0.39, 0.29) is 17.9 Å². The second-order valence-electron chi connectivity index (χ2n) is 5.99. The van der Waals surface area contributed by atoms with E-state index in [2.05, 4.69) is 15.2 Å². The summed E-state index contributed by atoms with van der Waals surface area (Å²) >= 11 is 0. The van der Waals surface area contributed by atoms with Crippen LogP contribution in [0.4, 0.5) is 27.6 Å². The average molecular weight is 411 g/mol. The molecule has 1 N–H and O–H groups in total. The van der Waals surface area contributed by atoms with Gasteiger partial charge < -0.3 is 10.1 Å². The Hall–Kier alpha value is -3.43. The van der Waals surface area contributed by atoms with Crippen LogP contribution < -0.4 is 10.1 Å². The topological polar surface area (TPSA) is 56.2 Å². The summed E-state index contributed by atoms with van der Waals surface area (Å²) in [5, 5.41) is 6.54. The minimum Gasteiger partial charge on any atom is -0.435 e. The molecule has 0 fully saturated rings. The van der Waals surface area contributed by atoms with E-state index in [1.807, 2.05) is 0 Å². The van der Waals surface area contributed by atoms with Gasteiger partial charge in [0, 0.05) is 11.8 Å². The number of alkyl halides is 5. The number of carbonyl (C=O) groups excluding carboxylic acids is 1. The molecule has 1 amide bonds. The molecule has 0 radical (unpaired) electrons. The lowest BCUT2D eigenvalue weighted by Crippen LogP contribution is -2.12. The van der Waals surface area contributed by atoms with Gasteiger partial charge in [-0.05, 0) is 35.9 Å². The zero-order valence-corrected chi connectivity index (χ0v) is 14.7. The molecule has 3 rings (SSSR count). The van der Waals surface area contributed by atoms with Crippen molar-refractivity contribution in [1.82, 2.24) is 9.78 Å². The monoisotopic (exact) mass is 411 g/mol. The maximum Gasteiger partial charge on any atom is 0.416 e. The lowest BCUT2D eigenvalue weighted by atomic mass is 10.1. The van der Waals surface area contributed by atoms with Crippen molar-refractivity contribution < 1.29 is 31.5 Å². The molecule has 0 bridgehead atoms. The number of hydrogen-bond acceptors (Lipinski definition) is 3. The molecule has 1 heterocycles. The maximum atomic E-state index is 12.8. The Morgan fingerprint density at radius 3 is 2.62 bits per heavy atom. The normalized spacial score (nSPS) is 11.5. The van der Waals surface area contributed by atoms with Gasteiger partial charge >= 0.3 is 12.8 Å². The quantitative estimate of drug-likeness (QED) is 0.593. The van der Waals surface area contributed by atoms with Gasteiger partial charge in [-0.3, -0.25) is 9.48 Å². The van der Waals surface area contributed by atoms with Crippen LogP contribution in [0.5, 0.6) is 5.75 Å². The molecule has 152 valence electrons. The fourth-order valence-corrected chi connectivity index (χ4v) is 2.56. The molecule has 0 aliphatic heterocycles.